The van der Waals surface area contributed by atoms with E-state index in [-0.39, 0.29) is 18.6 Å². The normalized spacial score (nSPS) is 14.9. The molecule has 1 N–H and O–H groups in total. The van der Waals surface area contributed by atoms with Crippen molar-refractivity contribution in [3.63, 3.8) is 0 Å². The van der Waals surface area contributed by atoms with Crippen molar-refractivity contribution in [1.82, 2.24) is 20.0 Å². The number of aliphatic hydroxyl groups excluding tert-OH is 1. The number of carbonyl (C=O) groups is 1. The van der Waals surface area contributed by atoms with E-state index in [1.807, 2.05) is 26.8 Å². The lowest BCUT2D eigenvalue weighted by Crippen LogP contribution is -2.39. The molecule has 3 heterocycles. The standard InChI is InChI=1S/C18H21ClN4O4/c1-18(2,3)26-17(25)23-6-4-11(5-7-23)15-13(19)8-12(9-20-15)16-21-14(10-24)27-22-16/h4,8-9,24H,5-7,10H2,1-3H3. The minimum atomic E-state index is -0.521. The maximum Gasteiger partial charge on any atom is 0.410 e. The number of ether oxygens (including phenoxy) is 1. The molecule has 9 heteroatoms. The smallest absolute Gasteiger partial charge is 0.410 e. The van der Waals surface area contributed by atoms with Crippen LogP contribution in [0.25, 0.3) is 17.0 Å². The first-order chi connectivity index (χ1) is 12.8. The summed E-state index contributed by atoms with van der Waals surface area (Å²) in [5, 5.41) is 13.2. The van der Waals surface area contributed by atoms with Crippen LogP contribution in [0.1, 0.15) is 38.8 Å². The Bertz CT molecular complexity index is 872. The Hall–Kier alpha value is -2.45. The van der Waals surface area contributed by atoms with Crippen LogP contribution in [-0.2, 0) is 11.3 Å². The minimum Gasteiger partial charge on any atom is -0.444 e. The quantitative estimate of drug-likeness (QED) is 0.854. The minimum absolute atomic E-state index is 0.127. The third kappa shape index (κ3) is 4.64. The Morgan fingerprint density at radius 2 is 2.22 bits per heavy atom. The van der Waals surface area contributed by atoms with Crippen LogP contribution >= 0.6 is 11.6 Å². The van der Waals surface area contributed by atoms with Crippen molar-refractivity contribution in [2.24, 2.45) is 0 Å². The molecule has 2 aromatic rings. The van der Waals surface area contributed by atoms with Crippen molar-refractivity contribution in [3.05, 3.63) is 34.9 Å². The number of aromatic nitrogens is 3. The zero-order valence-corrected chi connectivity index (χ0v) is 16.2. The fourth-order valence-electron chi connectivity index (χ4n) is 2.61. The van der Waals surface area contributed by atoms with Crippen molar-refractivity contribution in [1.29, 1.82) is 0 Å². The van der Waals surface area contributed by atoms with Gasteiger partial charge in [0.05, 0.1) is 10.7 Å². The molecule has 0 aromatic carbocycles. The average Bonchev–Trinajstić information content (AvgIpc) is 3.09. The molecule has 0 bridgehead atoms. The molecular formula is C18H21ClN4O4. The lowest BCUT2D eigenvalue weighted by atomic mass is 10.0. The highest BCUT2D eigenvalue weighted by Gasteiger charge is 2.25. The highest BCUT2D eigenvalue weighted by atomic mass is 35.5. The van der Waals surface area contributed by atoms with Crippen molar-refractivity contribution in [3.8, 4) is 11.4 Å². The first-order valence-corrected chi connectivity index (χ1v) is 8.91. The van der Waals surface area contributed by atoms with Crippen molar-refractivity contribution in [2.75, 3.05) is 13.1 Å². The topological polar surface area (TPSA) is 102 Å². The third-order valence-electron chi connectivity index (χ3n) is 3.87. The number of hydrogen-bond acceptors (Lipinski definition) is 7. The monoisotopic (exact) mass is 392 g/mol. The van der Waals surface area contributed by atoms with Gasteiger partial charge in [-0.2, -0.15) is 4.98 Å². The van der Waals surface area contributed by atoms with Crippen LogP contribution in [0, 0.1) is 0 Å². The van der Waals surface area contributed by atoms with E-state index in [0.717, 1.165) is 5.57 Å². The van der Waals surface area contributed by atoms with E-state index >= 15 is 0 Å². The van der Waals surface area contributed by atoms with Gasteiger partial charge in [-0.15, -0.1) is 0 Å². The van der Waals surface area contributed by atoms with Crippen molar-refractivity contribution < 1.29 is 19.2 Å². The second kappa shape index (κ2) is 7.66. The van der Waals surface area contributed by atoms with E-state index in [2.05, 4.69) is 15.1 Å². The second-order valence-corrected chi connectivity index (χ2v) is 7.54. The number of pyridine rings is 1. The molecule has 0 fully saturated rings. The van der Waals surface area contributed by atoms with Gasteiger partial charge in [-0.25, -0.2) is 4.79 Å². The first-order valence-electron chi connectivity index (χ1n) is 8.53. The summed E-state index contributed by atoms with van der Waals surface area (Å²) in [5.41, 5.74) is 1.71. The average molecular weight is 393 g/mol. The number of halogens is 1. The Kier molecular flexibility index (Phi) is 5.48. The van der Waals surface area contributed by atoms with Crippen molar-refractivity contribution >= 4 is 23.3 Å². The SMILES string of the molecule is CC(C)(C)OC(=O)N1CC=C(c2ncc(-c3noc(CO)n3)cc2Cl)CC1. The van der Waals surface area contributed by atoms with Crippen LogP contribution in [0.2, 0.25) is 5.02 Å². The van der Waals surface area contributed by atoms with Gasteiger partial charge in [0.1, 0.15) is 12.2 Å². The molecule has 0 spiro atoms. The van der Waals surface area contributed by atoms with Gasteiger partial charge >= 0.3 is 6.09 Å². The molecule has 8 nitrogen and oxygen atoms in total. The summed E-state index contributed by atoms with van der Waals surface area (Å²) in [4.78, 5) is 22.3. The fraction of sp³-hybridized carbons (Fsp3) is 0.444. The predicted octanol–water partition coefficient (Wildman–Crippen LogP) is 3.30. The molecule has 3 rings (SSSR count). The van der Waals surface area contributed by atoms with Gasteiger partial charge in [0.25, 0.3) is 5.89 Å². The van der Waals surface area contributed by atoms with Crippen LogP contribution in [0.3, 0.4) is 0 Å². The molecule has 0 radical (unpaired) electrons. The molecule has 2 aromatic heterocycles. The van der Waals surface area contributed by atoms with Crippen LogP contribution in [0.5, 0.6) is 0 Å². The molecule has 1 aliphatic heterocycles. The molecular weight excluding hydrogens is 372 g/mol. The number of amides is 1. The maximum absolute atomic E-state index is 12.1. The molecule has 0 atom stereocenters. The van der Waals surface area contributed by atoms with Crippen LogP contribution < -0.4 is 0 Å². The highest BCUT2D eigenvalue weighted by molar-refractivity contribution is 6.32. The van der Waals surface area contributed by atoms with Crippen LogP contribution in [0.15, 0.2) is 22.9 Å². The zero-order valence-electron chi connectivity index (χ0n) is 15.4. The number of rotatable bonds is 3. The van der Waals surface area contributed by atoms with E-state index in [0.29, 0.717) is 41.6 Å². The summed E-state index contributed by atoms with van der Waals surface area (Å²) >= 11 is 6.40. The predicted molar refractivity (Wildman–Crippen MR) is 98.9 cm³/mol. The van der Waals surface area contributed by atoms with E-state index < -0.39 is 5.60 Å². The molecule has 0 saturated carbocycles. The Labute approximate surface area is 161 Å². The highest BCUT2D eigenvalue weighted by Crippen LogP contribution is 2.30. The largest absolute Gasteiger partial charge is 0.444 e. The number of aliphatic hydroxyl groups is 1. The molecule has 0 saturated heterocycles. The summed E-state index contributed by atoms with van der Waals surface area (Å²) in [7, 11) is 0. The number of nitrogens with zero attached hydrogens (tertiary/aromatic N) is 4. The maximum atomic E-state index is 12.1. The number of carbonyl (C=O) groups excluding carboxylic acids is 1. The van der Waals surface area contributed by atoms with Gasteiger partial charge in [0.15, 0.2) is 0 Å². The molecule has 144 valence electrons. The zero-order chi connectivity index (χ0) is 19.6. The van der Waals surface area contributed by atoms with E-state index in [1.54, 1.807) is 17.2 Å². The Morgan fingerprint density at radius 1 is 1.44 bits per heavy atom. The molecule has 0 aliphatic carbocycles. The van der Waals surface area contributed by atoms with Crippen molar-refractivity contribution in [2.45, 2.75) is 39.4 Å². The Balaban J connectivity index is 1.73. The van der Waals surface area contributed by atoms with Crippen LogP contribution in [-0.4, -0.2) is 49.9 Å². The van der Waals surface area contributed by atoms with E-state index in [4.69, 9.17) is 26.0 Å². The first kappa shape index (κ1) is 19.3. The lowest BCUT2D eigenvalue weighted by molar-refractivity contribution is 0.0270. The summed E-state index contributed by atoms with van der Waals surface area (Å²) < 4.78 is 10.3. The lowest BCUT2D eigenvalue weighted by Gasteiger charge is -2.29. The number of hydrogen-bond donors (Lipinski definition) is 1. The summed E-state index contributed by atoms with van der Waals surface area (Å²) in [6, 6.07) is 1.71. The molecule has 1 amide bonds. The van der Waals surface area contributed by atoms with Gasteiger partial charge in [0, 0.05) is 24.8 Å². The van der Waals surface area contributed by atoms with E-state index in [9.17, 15) is 4.79 Å². The third-order valence-corrected chi connectivity index (χ3v) is 4.16. The van der Waals surface area contributed by atoms with Gasteiger partial charge in [-0.1, -0.05) is 22.8 Å². The van der Waals surface area contributed by atoms with Gasteiger partial charge in [0.2, 0.25) is 5.82 Å². The summed E-state index contributed by atoms with van der Waals surface area (Å²) in [6.07, 6.45) is 3.83. The summed E-state index contributed by atoms with van der Waals surface area (Å²) in [5.74, 6) is 0.441. The van der Waals surface area contributed by atoms with E-state index in [1.165, 1.54) is 0 Å². The fourth-order valence-corrected chi connectivity index (χ4v) is 2.90. The van der Waals surface area contributed by atoms with Crippen LogP contribution in [0.4, 0.5) is 4.79 Å². The Morgan fingerprint density at radius 3 is 2.78 bits per heavy atom. The molecule has 0 unspecified atom stereocenters. The van der Waals surface area contributed by atoms with Gasteiger partial charge in [-0.05, 0) is 38.8 Å². The molecule has 1 aliphatic rings. The van der Waals surface area contributed by atoms with Gasteiger partial charge in [-0.3, -0.25) is 4.98 Å². The summed E-state index contributed by atoms with van der Waals surface area (Å²) in [6.45, 7) is 6.17. The molecule has 27 heavy (non-hydrogen) atoms. The second-order valence-electron chi connectivity index (χ2n) is 7.13. The van der Waals surface area contributed by atoms with Gasteiger partial charge < -0.3 is 19.3 Å².